The van der Waals surface area contributed by atoms with Gasteiger partial charge in [0, 0.05) is 26.6 Å². The minimum atomic E-state index is -0.787. The fourth-order valence-electron chi connectivity index (χ4n) is 1.92. The van der Waals surface area contributed by atoms with E-state index in [1.54, 1.807) is 20.3 Å². The highest BCUT2D eigenvalue weighted by Crippen LogP contribution is 2.36. The molecule has 3 heteroatoms. The first-order chi connectivity index (χ1) is 7.09. The van der Waals surface area contributed by atoms with Crippen molar-refractivity contribution in [3.8, 4) is 0 Å². The SMILES string of the molecule is CC=C(C)C1CC(=O)C=CC1(OC)OC. The molecule has 1 unspecified atom stereocenters. The maximum atomic E-state index is 11.4. The number of carbonyl (C=O) groups excluding carboxylic acids is 1. The van der Waals surface area contributed by atoms with Crippen LogP contribution in [0.15, 0.2) is 23.8 Å². The third-order valence-electron chi connectivity index (χ3n) is 3.04. The van der Waals surface area contributed by atoms with E-state index in [4.69, 9.17) is 9.47 Å². The third-order valence-corrected chi connectivity index (χ3v) is 3.04. The van der Waals surface area contributed by atoms with Gasteiger partial charge in [0.05, 0.1) is 0 Å². The van der Waals surface area contributed by atoms with Crippen molar-refractivity contribution >= 4 is 5.78 Å². The van der Waals surface area contributed by atoms with Crippen LogP contribution in [0.1, 0.15) is 20.3 Å². The van der Waals surface area contributed by atoms with Gasteiger partial charge in [-0.3, -0.25) is 4.79 Å². The van der Waals surface area contributed by atoms with Gasteiger partial charge in [0.1, 0.15) is 0 Å². The molecule has 0 aliphatic heterocycles. The lowest BCUT2D eigenvalue weighted by molar-refractivity contribution is -0.200. The molecule has 0 spiro atoms. The topological polar surface area (TPSA) is 35.5 Å². The van der Waals surface area contributed by atoms with Gasteiger partial charge in [0.15, 0.2) is 11.6 Å². The summed E-state index contributed by atoms with van der Waals surface area (Å²) in [5.41, 5.74) is 1.11. The average molecular weight is 210 g/mol. The molecule has 0 saturated heterocycles. The second-order valence-electron chi connectivity index (χ2n) is 3.72. The van der Waals surface area contributed by atoms with Crippen LogP contribution >= 0.6 is 0 Å². The maximum Gasteiger partial charge on any atom is 0.194 e. The van der Waals surface area contributed by atoms with E-state index in [1.165, 1.54) is 6.08 Å². The van der Waals surface area contributed by atoms with Crippen LogP contribution in [0.25, 0.3) is 0 Å². The summed E-state index contributed by atoms with van der Waals surface area (Å²) in [4.78, 5) is 11.4. The quantitative estimate of drug-likeness (QED) is 0.528. The van der Waals surface area contributed by atoms with E-state index < -0.39 is 5.79 Å². The van der Waals surface area contributed by atoms with E-state index in [0.717, 1.165) is 5.57 Å². The van der Waals surface area contributed by atoms with Crippen LogP contribution in [-0.4, -0.2) is 25.8 Å². The molecular weight excluding hydrogens is 192 g/mol. The molecule has 1 atom stereocenters. The lowest BCUT2D eigenvalue weighted by Gasteiger charge is -2.38. The molecule has 0 amide bonds. The number of methoxy groups -OCH3 is 2. The highest BCUT2D eigenvalue weighted by atomic mass is 16.7. The minimum absolute atomic E-state index is 0.0324. The summed E-state index contributed by atoms with van der Waals surface area (Å²) in [5.74, 6) is -0.703. The summed E-state index contributed by atoms with van der Waals surface area (Å²) in [6.07, 6.45) is 5.67. The van der Waals surface area contributed by atoms with Crippen molar-refractivity contribution in [2.75, 3.05) is 14.2 Å². The lowest BCUT2D eigenvalue weighted by Crippen LogP contribution is -2.44. The predicted molar refractivity (Wildman–Crippen MR) is 58.4 cm³/mol. The molecule has 0 bridgehead atoms. The molecule has 15 heavy (non-hydrogen) atoms. The van der Waals surface area contributed by atoms with Gasteiger partial charge in [-0.15, -0.1) is 0 Å². The Bertz CT molecular complexity index is 298. The molecule has 1 rings (SSSR count). The van der Waals surface area contributed by atoms with Crippen molar-refractivity contribution in [2.24, 2.45) is 5.92 Å². The number of ether oxygens (including phenoxy) is 2. The van der Waals surface area contributed by atoms with Crippen LogP contribution in [0.4, 0.5) is 0 Å². The Morgan fingerprint density at radius 3 is 2.60 bits per heavy atom. The summed E-state index contributed by atoms with van der Waals surface area (Å²) in [5, 5.41) is 0. The first-order valence-corrected chi connectivity index (χ1v) is 5.04. The van der Waals surface area contributed by atoms with Gasteiger partial charge in [0.25, 0.3) is 0 Å². The van der Waals surface area contributed by atoms with Crippen LogP contribution < -0.4 is 0 Å². The summed E-state index contributed by atoms with van der Waals surface area (Å²) in [7, 11) is 3.19. The Balaban J connectivity index is 3.10. The van der Waals surface area contributed by atoms with Crippen molar-refractivity contribution in [3.63, 3.8) is 0 Å². The third kappa shape index (κ3) is 2.19. The highest BCUT2D eigenvalue weighted by molar-refractivity contribution is 5.91. The number of rotatable bonds is 3. The monoisotopic (exact) mass is 210 g/mol. The predicted octanol–water partition coefficient (Wildman–Crippen LogP) is 2.09. The summed E-state index contributed by atoms with van der Waals surface area (Å²) in [6.45, 7) is 3.94. The van der Waals surface area contributed by atoms with Crippen LogP contribution in [0.2, 0.25) is 0 Å². The zero-order valence-electron chi connectivity index (χ0n) is 9.74. The van der Waals surface area contributed by atoms with E-state index in [1.807, 2.05) is 19.9 Å². The van der Waals surface area contributed by atoms with E-state index in [9.17, 15) is 4.79 Å². The van der Waals surface area contributed by atoms with Gasteiger partial charge in [-0.05, 0) is 26.0 Å². The van der Waals surface area contributed by atoms with E-state index in [2.05, 4.69) is 0 Å². The van der Waals surface area contributed by atoms with Gasteiger partial charge in [-0.1, -0.05) is 11.6 Å². The molecule has 0 heterocycles. The van der Waals surface area contributed by atoms with Gasteiger partial charge in [-0.2, -0.15) is 0 Å². The molecule has 1 aliphatic carbocycles. The number of allylic oxidation sites excluding steroid dienone is 2. The minimum Gasteiger partial charge on any atom is -0.349 e. The Morgan fingerprint density at radius 2 is 2.13 bits per heavy atom. The number of hydrogen-bond donors (Lipinski definition) is 0. The first-order valence-electron chi connectivity index (χ1n) is 5.04. The molecule has 84 valence electrons. The van der Waals surface area contributed by atoms with Gasteiger partial charge in [0.2, 0.25) is 0 Å². The van der Waals surface area contributed by atoms with Crippen molar-refractivity contribution in [3.05, 3.63) is 23.8 Å². The molecular formula is C12H18O3. The van der Waals surface area contributed by atoms with Crippen LogP contribution in [0, 0.1) is 5.92 Å². The molecule has 0 N–H and O–H groups in total. The molecule has 0 aromatic carbocycles. The molecule has 0 fully saturated rings. The molecule has 0 aromatic rings. The zero-order valence-corrected chi connectivity index (χ0v) is 9.74. The van der Waals surface area contributed by atoms with Crippen molar-refractivity contribution in [1.82, 2.24) is 0 Å². The van der Waals surface area contributed by atoms with Crippen molar-refractivity contribution in [1.29, 1.82) is 0 Å². The van der Waals surface area contributed by atoms with Crippen LogP contribution in [0.5, 0.6) is 0 Å². The van der Waals surface area contributed by atoms with E-state index in [-0.39, 0.29) is 11.7 Å². The fourth-order valence-corrected chi connectivity index (χ4v) is 1.92. The van der Waals surface area contributed by atoms with Crippen molar-refractivity contribution in [2.45, 2.75) is 26.1 Å². The zero-order chi connectivity index (χ0) is 11.5. The van der Waals surface area contributed by atoms with Crippen molar-refractivity contribution < 1.29 is 14.3 Å². The van der Waals surface area contributed by atoms with Gasteiger partial charge >= 0.3 is 0 Å². The average Bonchev–Trinajstić information content (AvgIpc) is 2.28. The Morgan fingerprint density at radius 1 is 1.53 bits per heavy atom. The van der Waals surface area contributed by atoms with Crippen LogP contribution in [-0.2, 0) is 14.3 Å². The normalized spacial score (nSPS) is 25.7. The Hall–Kier alpha value is -0.930. The number of carbonyl (C=O) groups is 1. The molecule has 3 nitrogen and oxygen atoms in total. The highest BCUT2D eigenvalue weighted by Gasteiger charge is 2.41. The van der Waals surface area contributed by atoms with E-state index in [0.29, 0.717) is 6.42 Å². The van der Waals surface area contributed by atoms with Crippen LogP contribution in [0.3, 0.4) is 0 Å². The van der Waals surface area contributed by atoms with Gasteiger partial charge in [-0.25, -0.2) is 0 Å². The second-order valence-corrected chi connectivity index (χ2v) is 3.72. The number of ketones is 1. The Labute approximate surface area is 90.8 Å². The van der Waals surface area contributed by atoms with Gasteiger partial charge < -0.3 is 9.47 Å². The summed E-state index contributed by atoms with van der Waals surface area (Å²) >= 11 is 0. The standard InChI is InChI=1S/C12H18O3/c1-5-9(2)11-8-10(13)6-7-12(11,14-3)15-4/h5-7,11H,8H2,1-4H3. The first kappa shape index (κ1) is 12.1. The van der Waals surface area contributed by atoms with E-state index >= 15 is 0 Å². The number of hydrogen-bond acceptors (Lipinski definition) is 3. The lowest BCUT2D eigenvalue weighted by atomic mass is 9.82. The second kappa shape index (κ2) is 4.73. The summed E-state index contributed by atoms with van der Waals surface area (Å²) < 4.78 is 10.8. The summed E-state index contributed by atoms with van der Waals surface area (Å²) in [6, 6.07) is 0. The molecule has 0 radical (unpaired) electrons. The Kier molecular flexibility index (Phi) is 3.83. The molecule has 1 aliphatic rings. The smallest absolute Gasteiger partial charge is 0.194 e. The maximum absolute atomic E-state index is 11.4. The molecule has 0 aromatic heterocycles. The largest absolute Gasteiger partial charge is 0.349 e. The fraction of sp³-hybridized carbons (Fsp3) is 0.583. The molecule has 0 saturated carbocycles.